The Labute approximate surface area is 220 Å². The Morgan fingerprint density at radius 2 is 1.83 bits per heavy atom. The number of carbonyl (C=O) groups is 3. The van der Waals surface area contributed by atoms with Crippen molar-refractivity contribution in [1.29, 1.82) is 0 Å². The molecule has 0 aliphatic rings. The molecule has 0 unspecified atom stereocenters. The predicted octanol–water partition coefficient (Wildman–Crippen LogP) is -5.44. The SMILES string of the molecule is CCCC[C@H](CC[C@@H](O)CSc1cccc(NC(=O)CC(=O)[O-])c1)C(=O)[O-].[Na+].[Na+]. The molecule has 0 aromatic heterocycles. The number of aliphatic hydroxyl groups excluding tert-OH is 1. The summed E-state index contributed by atoms with van der Waals surface area (Å²) in [6, 6.07) is 6.82. The standard InChI is InChI=1S/C19H27NO6S.2Na/c1-2-3-5-13(19(25)26)8-9-15(21)12-27-16-7-4-6-14(10-16)20-17(22)11-18(23)24;;/h4,6-7,10,13,15,21H,2-3,5,8-9,11-12H2,1H3,(H,20,22)(H,23,24)(H,25,26);;/q;2*+1/p-2/t13-,15-;;/m1../s1. The number of carboxylic acid groups (broad SMARTS) is 2. The van der Waals surface area contributed by atoms with Crippen molar-refractivity contribution in [1.82, 2.24) is 0 Å². The molecule has 0 aliphatic carbocycles. The van der Waals surface area contributed by atoms with Crippen LogP contribution in [0.5, 0.6) is 0 Å². The molecule has 1 aromatic rings. The number of carbonyl (C=O) groups excluding carboxylic acids is 3. The summed E-state index contributed by atoms with van der Waals surface area (Å²) in [7, 11) is 0. The molecular formula is C19H25NNa2O6S. The Hall–Kier alpha value is -0.0600. The van der Waals surface area contributed by atoms with Crippen LogP contribution in [0.4, 0.5) is 5.69 Å². The van der Waals surface area contributed by atoms with E-state index in [-0.39, 0.29) is 59.1 Å². The maximum Gasteiger partial charge on any atom is 1.00 e. The van der Waals surface area contributed by atoms with Crippen LogP contribution in [0.15, 0.2) is 29.2 Å². The predicted molar refractivity (Wildman–Crippen MR) is 98.7 cm³/mol. The third-order valence-corrected chi connectivity index (χ3v) is 5.09. The van der Waals surface area contributed by atoms with Gasteiger partial charge in [-0.3, -0.25) is 4.79 Å². The zero-order chi connectivity index (χ0) is 20.2. The van der Waals surface area contributed by atoms with E-state index in [9.17, 15) is 29.7 Å². The summed E-state index contributed by atoms with van der Waals surface area (Å²) in [6.45, 7) is 1.99. The van der Waals surface area contributed by atoms with Crippen LogP contribution in [0, 0.1) is 5.92 Å². The van der Waals surface area contributed by atoms with Crippen LogP contribution in [0.25, 0.3) is 0 Å². The molecule has 2 atom stereocenters. The molecule has 1 aromatic carbocycles. The number of nitrogens with one attached hydrogen (secondary N) is 1. The summed E-state index contributed by atoms with van der Waals surface area (Å²) in [5.41, 5.74) is 0.456. The molecule has 1 rings (SSSR count). The van der Waals surface area contributed by atoms with Gasteiger partial charge >= 0.3 is 59.1 Å². The first kappa shape index (κ1) is 31.1. The Morgan fingerprint density at radius 1 is 1.14 bits per heavy atom. The molecule has 0 radical (unpaired) electrons. The van der Waals surface area contributed by atoms with Crippen molar-refractivity contribution in [3.8, 4) is 0 Å². The van der Waals surface area contributed by atoms with E-state index in [2.05, 4.69) is 5.32 Å². The van der Waals surface area contributed by atoms with Gasteiger partial charge in [0.2, 0.25) is 5.91 Å². The Morgan fingerprint density at radius 3 is 2.41 bits per heavy atom. The van der Waals surface area contributed by atoms with Gasteiger partial charge in [-0.15, -0.1) is 11.8 Å². The normalized spacial score (nSPS) is 12.1. The number of anilines is 1. The van der Waals surface area contributed by atoms with Crippen LogP contribution in [0.3, 0.4) is 0 Å². The number of thioether (sulfide) groups is 1. The quantitative estimate of drug-likeness (QED) is 0.178. The topological polar surface area (TPSA) is 130 Å². The first-order valence-electron chi connectivity index (χ1n) is 8.93. The molecule has 0 aliphatic heterocycles. The number of aliphatic hydroxyl groups is 1. The molecule has 29 heavy (non-hydrogen) atoms. The van der Waals surface area contributed by atoms with E-state index in [1.807, 2.05) is 6.92 Å². The van der Waals surface area contributed by atoms with E-state index < -0.39 is 36.3 Å². The number of unbranched alkanes of at least 4 members (excludes halogenated alkanes) is 1. The van der Waals surface area contributed by atoms with Crippen LogP contribution in [-0.4, -0.2) is 34.8 Å². The third kappa shape index (κ3) is 14.6. The molecular weight excluding hydrogens is 416 g/mol. The summed E-state index contributed by atoms with van der Waals surface area (Å²) in [5.74, 6) is -3.34. The summed E-state index contributed by atoms with van der Waals surface area (Å²) >= 11 is 1.37. The molecule has 2 N–H and O–H groups in total. The molecule has 0 saturated carbocycles. The van der Waals surface area contributed by atoms with Gasteiger partial charge in [0.25, 0.3) is 0 Å². The van der Waals surface area contributed by atoms with Gasteiger partial charge in [0.1, 0.15) is 0 Å². The van der Waals surface area contributed by atoms with Gasteiger partial charge < -0.3 is 30.2 Å². The van der Waals surface area contributed by atoms with Crippen molar-refractivity contribution in [2.75, 3.05) is 11.1 Å². The van der Waals surface area contributed by atoms with Gasteiger partial charge in [-0.1, -0.05) is 25.8 Å². The second kappa shape index (κ2) is 17.6. The molecule has 150 valence electrons. The van der Waals surface area contributed by atoms with Gasteiger partial charge in [-0.2, -0.15) is 0 Å². The number of rotatable bonds is 13. The molecule has 0 heterocycles. The minimum Gasteiger partial charge on any atom is -0.550 e. The summed E-state index contributed by atoms with van der Waals surface area (Å²) in [5, 5.41) is 34.1. The largest absolute Gasteiger partial charge is 1.00 e. The fourth-order valence-corrected chi connectivity index (χ4v) is 3.44. The fourth-order valence-electron chi connectivity index (χ4n) is 2.50. The fraction of sp³-hybridized carbons (Fsp3) is 0.526. The molecule has 1 amide bonds. The van der Waals surface area contributed by atoms with E-state index in [0.717, 1.165) is 17.7 Å². The maximum atomic E-state index is 11.4. The maximum absolute atomic E-state index is 11.4. The van der Waals surface area contributed by atoms with Crippen molar-refractivity contribution in [2.45, 2.75) is 56.4 Å². The Balaban J connectivity index is 0. The zero-order valence-corrected chi connectivity index (χ0v) is 22.1. The van der Waals surface area contributed by atoms with Crippen LogP contribution < -0.4 is 74.6 Å². The number of carboxylic acids is 2. The average Bonchev–Trinajstić information content (AvgIpc) is 2.59. The average molecular weight is 441 g/mol. The minimum absolute atomic E-state index is 0. The first-order chi connectivity index (χ1) is 12.8. The summed E-state index contributed by atoms with van der Waals surface area (Å²) in [6.07, 6.45) is 1.67. The molecule has 0 bridgehead atoms. The smallest absolute Gasteiger partial charge is 0.550 e. The monoisotopic (exact) mass is 441 g/mol. The van der Waals surface area contributed by atoms with Gasteiger partial charge in [-0.05, 0) is 43.4 Å². The van der Waals surface area contributed by atoms with E-state index in [0.29, 0.717) is 30.7 Å². The Kier molecular flexibility index (Phi) is 18.9. The number of aliphatic carboxylic acids is 2. The second-order valence-corrected chi connectivity index (χ2v) is 7.42. The van der Waals surface area contributed by atoms with Gasteiger partial charge in [-0.25, -0.2) is 0 Å². The minimum atomic E-state index is -1.45. The van der Waals surface area contributed by atoms with E-state index >= 15 is 0 Å². The molecule has 0 spiro atoms. The van der Waals surface area contributed by atoms with Crippen LogP contribution in [0.1, 0.15) is 45.4 Å². The van der Waals surface area contributed by atoms with Crippen LogP contribution in [0.2, 0.25) is 0 Å². The van der Waals surface area contributed by atoms with Crippen LogP contribution >= 0.6 is 11.8 Å². The second-order valence-electron chi connectivity index (χ2n) is 6.33. The molecule has 7 nitrogen and oxygen atoms in total. The van der Waals surface area contributed by atoms with Crippen molar-refractivity contribution >= 4 is 35.3 Å². The van der Waals surface area contributed by atoms with Crippen LogP contribution in [-0.2, 0) is 14.4 Å². The van der Waals surface area contributed by atoms with E-state index in [4.69, 9.17) is 0 Å². The third-order valence-electron chi connectivity index (χ3n) is 3.95. The molecule has 0 fully saturated rings. The number of hydrogen-bond acceptors (Lipinski definition) is 7. The number of benzene rings is 1. The van der Waals surface area contributed by atoms with Gasteiger partial charge in [0.15, 0.2) is 0 Å². The van der Waals surface area contributed by atoms with Crippen molar-refractivity contribution in [3.05, 3.63) is 24.3 Å². The van der Waals surface area contributed by atoms with E-state index in [1.165, 1.54) is 11.8 Å². The van der Waals surface area contributed by atoms with Gasteiger partial charge in [0, 0.05) is 22.3 Å². The number of amides is 1. The van der Waals surface area contributed by atoms with Crippen molar-refractivity contribution in [3.63, 3.8) is 0 Å². The molecule has 10 heteroatoms. The number of hydrogen-bond donors (Lipinski definition) is 2. The first-order valence-corrected chi connectivity index (χ1v) is 9.91. The summed E-state index contributed by atoms with van der Waals surface area (Å²) < 4.78 is 0. The van der Waals surface area contributed by atoms with E-state index in [1.54, 1.807) is 24.3 Å². The van der Waals surface area contributed by atoms with Crippen molar-refractivity contribution < 1.29 is 88.8 Å². The Bertz CT molecular complexity index is 647. The zero-order valence-electron chi connectivity index (χ0n) is 17.3. The molecule has 0 saturated heterocycles. The van der Waals surface area contributed by atoms with Crippen molar-refractivity contribution in [2.24, 2.45) is 5.92 Å². The summed E-state index contributed by atoms with van der Waals surface area (Å²) in [4.78, 5) is 33.8. The van der Waals surface area contributed by atoms with Gasteiger partial charge in [0.05, 0.1) is 18.5 Å².